The van der Waals surface area contributed by atoms with E-state index in [0.717, 1.165) is 13.1 Å². The zero-order chi connectivity index (χ0) is 15.3. The molecule has 0 unspecified atom stereocenters. The number of rotatable bonds is 4. The van der Waals surface area contributed by atoms with Gasteiger partial charge in [0, 0.05) is 18.5 Å². The number of carbonyl (C=O) groups excluding carboxylic acids is 2. The van der Waals surface area contributed by atoms with Gasteiger partial charge in [0.15, 0.2) is 0 Å². The molecular weight excluding hydrogens is 272 g/mol. The first-order chi connectivity index (χ1) is 10.1. The molecule has 0 radical (unpaired) electrons. The average molecular weight is 292 g/mol. The highest BCUT2D eigenvalue weighted by atomic mass is 16.5. The monoisotopic (exact) mass is 292 g/mol. The Morgan fingerprint density at radius 2 is 1.67 bits per heavy atom. The number of methoxy groups -OCH3 is 1. The maximum Gasteiger partial charge on any atom is 0.316 e. The summed E-state index contributed by atoms with van der Waals surface area (Å²) in [7, 11) is 1.56. The highest BCUT2D eigenvalue weighted by molar-refractivity contribution is 5.97. The summed E-state index contributed by atoms with van der Waals surface area (Å²) in [6, 6.07) is 6.12. The molecule has 2 rings (SSSR count). The molecule has 0 bridgehead atoms. The number of urea groups is 1. The lowest BCUT2D eigenvalue weighted by Gasteiger charge is -2.34. The van der Waals surface area contributed by atoms with E-state index >= 15 is 0 Å². The maximum absolute atomic E-state index is 12.4. The quantitative estimate of drug-likeness (QED) is 0.661. The third-order valence-electron chi connectivity index (χ3n) is 3.63. The first-order valence-corrected chi connectivity index (χ1v) is 6.79. The number of nitrogens with two attached hydrogens (primary N) is 1. The van der Waals surface area contributed by atoms with Gasteiger partial charge < -0.3 is 26.4 Å². The van der Waals surface area contributed by atoms with Gasteiger partial charge in [0.2, 0.25) is 0 Å². The van der Waals surface area contributed by atoms with Crippen LogP contribution in [0.2, 0.25) is 0 Å². The molecule has 1 heterocycles. The fourth-order valence-electron chi connectivity index (χ4n) is 2.38. The zero-order valence-electron chi connectivity index (χ0n) is 11.9. The van der Waals surface area contributed by atoms with Crippen LogP contribution in [0, 0.1) is 0 Å². The highest BCUT2D eigenvalue weighted by Crippen LogP contribution is 2.25. The Morgan fingerprint density at radius 3 is 2.14 bits per heavy atom. The van der Waals surface area contributed by atoms with Gasteiger partial charge in [0.05, 0.1) is 0 Å². The van der Waals surface area contributed by atoms with Gasteiger partial charge in [-0.1, -0.05) is 0 Å². The fraction of sp³-hybridized carbons (Fsp3) is 0.429. The molecule has 1 aliphatic heterocycles. The van der Waals surface area contributed by atoms with Crippen LogP contribution in [0.25, 0.3) is 0 Å². The summed E-state index contributed by atoms with van der Waals surface area (Å²) in [6.45, 7) is 1.51. The summed E-state index contributed by atoms with van der Waals surface area (Å²) >= 11 is 0. The molecule has 21 heavy (non-hydrogen) atoms. The van der Waals surface area contributed by atoms with Crippen molar-refractivity contribution in [1.29, 1.82) is 0 Å². The Bertz CT molecular complexity index is 509. The zero-order valence-corrected chi connectivity index (χ0v) is 11.9. The van der Waals surface area contributed by atoms with Gasteiger partial charge in [0.1, 0.15) is 5.60 Å². The van der Waals surface area contributed by atoms with Crippen molar-refractivity contribution in [1.82, 2.24) is 5.32 Å². The minimum absolute atomic E-state index is 0.151. The summed E-state index contributed by atoms with van der Waals surface area (Å²) < 4.78 is 5.46. The van der Waals surface area contributed by atoms with Gasteiger partial charge in [-0.05, 0) is 50.2 Å². The van der Waals surface area contributed by atoms with Crippen LogP contribution in [0.15, 0.2) is 24.3 Å². The molecule has 7 nitrogen and oxygen atoms in total. The third-order valence-corrected chi connectivity index (χ3v) is 3.63. The lowest BCUT2D eigenvalue weighted by molar-refractivity contribution is -0.140. The van der Waals surface area contributed by atoms with E-state index < -0.39 is 11.6 Å². The molecule has 0 aromatic heterocycles. The van der Waals surface area contributed by atoms with E-state index in [4.69, 9.17) is 10.5 Å². The van der Waals surface area contributed by atoms with Crippen molar-refractivity contribution in [3.05, 3.63) is 24.3 Å². The van der Waals surface area contributed by atoms with Crippen LogP contribution in [0.3, 0.4) is 0 Å². The van der Waals surface area contributed by atoms with Crippen molar-refractivity contribution < 1.29 is 14.3 Å². The molecule has 114 valence electrons. The molecule has 0 atom stereocenters. The molecule has 1 aromatic carbocycles. The molecule has 3 amide bonds. The van der Waals surface area contributed by atoms with E-state index in [1.807, 2.05) is 0 Å². The van der Waals surface area contributed by atoms with Gasteiger partial charge in [0.25, 0.3) is 5.91 Å². The van der Waals surface area contributed by atoms with E-state index in [1.54, 1.807) is 31.4 Å². The number of anilines is 2. The SMILES string of the molecule is COC1(C(=O)Nc2ccc(NC(N)=O)cc2)CCNCC1. The van der Waals surface area contributed by atoms with Crippen LogP contribution >= 0.6 is 0 Å². The van der Waals surface area contributed by atoms with Gasteiger partial charge in [-0.15, -0.1) is 0 Å². The van der Waals surface area contributed by atoms with E-state index in [9.17, 15) is 9.59 Å². The van der Waals surface area contributed by atoms with Crippen molar-refractivity contribution in [3.63, 3.8) is 0 Å². The lowest BCUT2D eigenvalue weighted by atomic mass is 9.91. The first kappa shape index (κ1) is 15.3. The van der Waals surface area contributed by atoms with Crippen LogP contribution in [0.1, 0.15) is 12.8 Å². The predicted octanol–water partition coefficient (Wildman–Crippen LogP) is 0.884. The largest absolute Gasteiger partial charge is 0.368 e. The first-order valence-electron chi connectivity index (χ1n) is 6.79. The molecule has 0 spiro atoms. The Kier molecular flexibility index (Phi) is 4.77. The van der Waals surface area contributed by atoms with Crippen molar-refractivity contribution in [2.75, 3.05) is 30.8 Å². The van der Waals surface area contributed by atoms with Crippen LogP contribution in [-0.4, -0.2) is 37.7 Å². The Balaban J connectivity index is 2.03. The standard InChI is InChI=1S/C14H20N4O3/c1-21-14(6-8-16-9-7-14)12(19)17-10-2-4-11(5-3-10)18-13(15)20/h2-5,16H,6-9H2,1H3,(H,17,19)(H3,15,18,20). The minimum atomic E-state index is -0.782. The molecule has 0 saturated carbocycles. The molecule has 0 aliphatic carbocycles. The summed E-state index contributed by atoms with van der Waals surface area (Å²) in [5.41, 5.74) is 5.47. The number of piperidine rings is 1. The smallest absolute Gasteiger partial charge is 0.316 e. The summed E-state index contributed by atoms with van der Waals surface area (Å²) in [4.78, 5) is 23.2. The number of amides is 3. The fourth-order valence-corrected chi connectivity index (χ4v) is 2.38. The van der Waals surface area contributed by atoms with E-state index in [2.05, 4.69) is 16.0 Å². The number of nitrogens with one attached hydrogen (secondary N) is 3. The number of hydrogen-bond donors (Lipinski definition) is 4. The molecule has 7 heteroatoms. The van der Waals surface area contributed by atoms with E-state index in [0.29, 0.717) is 24.2 Å². The maximum atomic E-state index is 12.4. The van der Waals surface area contributed by atoms with Crippen LogP contribution < -0.4 is 21.7 Å². The molecule has 1 aliphatic rings. The second-order valence-corrected chi connectivity index (χ2v) is 4.97. The number of benzene rings is 1. The van der Waals surface area contributed by atoms with Crippen LogP contribution in [0.5, 0.6) is 0 Å². The lowest BCUT2D eigenvalue weighted by Crippen LogP contribution is -2.51. The van der Waals surface area contributed by atoms with Crippen molar-refractivity contribution in [3.8, 4) is 0 Å². The molecule has 1 saturated heterocycles. The Hall–Kier alpha value is -2.12. The van der Waals surface area contributed by atoms with E-state index in [1.165, 1.54) is 0 Å². The second kappa shape index (κ2) is 6.55. The van der Waals surface area contributed by atoms with Gasteiger partial charge in [-0.25, -0.2) is 4.79 Å². The average Bonchev–Trinajstić information content (AvgIpc) is 2.49. The number of primary amides is 1. The van der Waals surface area contributed by atoms with Crippen LogP contribution in [0.4, 0.5) is 16.2 Å². The third kappa shape index (κ3) is 3.71. The Labute approximate surface area is 123 Å². The van der Waals surface area contributed by atoms with Gasteiger partial charge >= 0.3 is 6.03 Å². The Morgan fingerprint density at radius 1 is 1.14 bits per heavy atom. The minimum Gasteiger partial charge on any atom is -0.368 e. The normalized spacial score (nSPS) is 17.0. The van der Waals surface area contributed by atoms with Crippen molar-refractivity contribution in [2.24, 2.45) is 5.73 Å². The van der Waals surface area contributed by atoms with Crippen molar-refractivity contribution >= 4 is 23.3 Å². The van der Waals surface area contributed by atoms with Crippen molar-refractivity contribution in [2.45, 2.75) is 18.4 Å². The second-order valence-electron chi connectivity index (χ2n) is 4.97. The summed E-state index contributed by atoms with van der Waals surface area (Å²) in [5.74, 6) is -0.151. The van der Waals surface area contributed by atoms with E-state index in [-0.39, 0.29) is 5.91 Å². The van der Waals surface area contributed by atoms with Gasteiger partial charge in [-0.2, -0.15) is 0 Å². The predicted molar refractivity (Wildman–Crippen MR) is 80.1 cm³/mol. The molecule has 1 fully saturated rings. The molecule has 1 aromatic rings. The topological polar surface area (TPSA) is 105 Å². The summed E-state index contributed by atoms with van der Waals surface area (Å²) in [5, 5.41) is 8.51. The van der Waals surface area contributed by atoms with Gasteiger partial charge in [-0.3, -0.25) is 4.79 Å². The molecular formula is C14H20N4O3. The summed E-state index contributed by atoms with van der Waals surface area (Å²) in [6.07, 6.45) is 1.27. The van der Waals surface area contributed by atoms with Crippen LogP contribution in [-0.2, 0) is 9.53 Å². The number of carbonyl (C=O) groups is 2. The number of ether oxygens (including phenoxy) is 1. The highest BCUT2D eigenvalue weighted by Gasteiger charge is 2.39. The molecule has 5 N–H and O–H groups in total. The number of hydrogen-bond acceptors (Lipinski definition) is 4.